The second-order valence-electron chi connectivity index (χ2n) is 4.68. The van der Waals surface area contributed by atoms with E-state index < -0.39 is 0 Å². The van der Waals surface area contributed by atoms with Crippen molar-refractivity contribution in [3.8, 4) is 0 Å². The SMILES string of the molecule is CC(C)C(C)(C)Cn1cnnc1CO. The molecule has 0 aliphatic carbocycles. The zero-order chi connectivity index (χ0) is 10.8. The molecule has 4 nitrogen and oxygen atoms in total. The van der Waals surface area contributed by atoms with Crippen LogP contribution in [0.3, 0.4) is 0 Å². The summed E-state index contributed by atoms with van der Waals surface area (Å²) in [5, 5.41) is 16.6. The minimum Gasteiger partial charge on any atom is -0.388 e. The third-order valence-corrected chi connectivity index (χ3v) is 2.98. The van der Waals surface area contributed by atoms with Gasteiger partial charge in [-0.3, -0.25) is 0 Å². The van der Waals surface area contributed by atoms with Crippen LogP contribution in [0.2, 0.25) is 0 Å². The largest absolute Gasteiger partial charge is 0.388 e. The van der Waals surface area contributed by atoms with Gasteiger partial charge in [-0.1, -0.05) is 27.7 Å². The quantitative estimate of drug-likeness (QED) is 0.795. The monoisotopic (exact) mass is 197 g/mol. The highest BCUT2D eigenvalue weighted by molar-refractivity contribution is 4.86. The maximum absolute atomic E-state index is 9.02. The first-order chi connectivity index (χ1) is 6.47. The lowest BCUT2D eigenvalue weighted by molar-refractivity contribution is 0.197. The number of hydrogen-bond acceptors (Lipinski definition) is 3. The van der Waals surface area contributed by atoms with Crippen molar-refractivity contribution < 1.29 is 5.11 Å². The molecule has 0 spiro atoms. The average Bonchev–Trinajstić information content (AvgIpc) is 2.50. The molecule has 0 saturated carbocycles. The van der Waals surface area contributed by atoms with E-state index in [-0.39, 0.29) is 12.0 Å². The summed E-state index contributed by atoms with van der Waals surface area (Å²) in [4.78, 5) is 0. The number of nitrogens with zero attached hydrogens (tertiary/aromatic N) is 3. The van der Waals surface area contributed by atoms with Gasteiger partial charge >= 0.3 is 0 Å². The molecule has 14 heavy (non-hydrogen) atoms. The average molecular weight is 197 g/mol. The van der Waals surface area contributed by atoms with Crippen molar-refractivity contribution >= 4 is 0 Å². The predicted octanol–water partition coefficient (Wildman–Crippen LogP) is 1.45. The molecule has 0 amide bonds. The van der Waals surface area contributed by atoms with Crippen molar-refractivity contribution in [3.05, 3.63) is 12.2 Å². The van der Waals surface area contributed by atoms with Crippen molar-refractivity contribution in [2.45, 2.75) is 40.8 Å². The van der Waals surface area contributed by atoms with Crippen molar-refractivity contribution in [1.29, 1.82) is 0 Å². The topological polar surface area (TPSA) is 50.9 Å². The normalized spacial score (nSPS) is 12.4. The molecule has 1 rings (SSSR count). The van der Waals surface area contributed by atoms with Crippen LogP contribution < -0.4 is 0 Å². The van der Waals surface area contributed by atoms with Crippen LogP contribution >= 0.6 is 0 Å². The summed E-state index contributed by atoms with van der Waals surface area (Å²) in [5.74, 6) is 1.22. The van der Waals surface area contributed by atoms with Crippen molar-refractivity contribution in [2.75, 3.05) is 0 Å². The Balaban J connectivity index is 2.78. The van der Waals surface area contributed by atoms with E-state index in [1.54, 1.807) is 6.33 Å². The number of aliphatic hydroxyl groups excluding tert-OH is 1. The molecule has 0 aromatic carbocycles. The first-order valence-electron chi connectivity index (χ1n) is 4.95. The highest BCUT2D eigenvalue weighted by Gasteiger charge is 2.23. The molecular formula is C10H19N3O. The van der Waals surface area contributed by atoms with E-state index in [0.717, 1.165) is 6.54 Å². The summed E-state index contributed by atoms with van der Waals surface area (Å²) >= 11 is 0. The molecule has 1 aromatic heterocycles. The van der Waals surface area contributed by atoms with Gasteiger partial charge in [0.1, 0.15) is 12.9 Å². The van der Waals surface area contributed by atoms with Gasteiger partial charge in [0.15, 0.2) is 5.82 Å². The third-order valence-electron chi connectivity index (χ3n) is 2.98. The van der Waals surface area contributed by atoms with Gasteiger partial charge in [-0.2, -0.15) is 0 Å². The Labute approximate surface area is 85.0 Å². The number of aliphatic hydroxyl groups is 1. The summed E-state index contributed by atoms with van der Waals surface area (Å²) < 4.78 is 1.92. The molecule has 0 aliphatic heterocycles. The van der Waals surface area contributed by atoms with E-state index in [0.29, 0.717) is 11.7 Å². The number of rotatable bonds is 4. The highest BCUT2D eigenvalue weighted by Crippen LogP contribution is 2.28. The van der Waals surface area contributed by atoms with Crippen molar-refractivity contribution in [2.24, 2.45) is 11.3 Å². The molecule has 0 radical (unpaired) electrons. The molecule has 0 saturated heterocycles. The van der Waals surface area contributed by atoms with E-state index in [2.05, 4.69) is 37.9 Å². The fourth-order valence-electron chi connectivity index (χ4n) is 1.16. The molecule has 0 unspecified atom stereocenters. The summed E-state index contributed by atoms with van der Waals surface area (Å²) in [6, 6.07) is 0. The Hall–Kier alpha value is -0.900. The lowest BCUT2D eigenvalue weighted by atomic mass is 9.81. The molecule has 0 atom stereocenters. The van der Waals surface area contributed by atoms with Crippen LogP contribution in [0.4, 0.5) is 0 Å². The van der Waals surface area contributed by atoms with E-state index in [1.165, 1.54) is 0 Å². The second-order valence-corrected chi connectivity index (χ2v) is 4.68. The predicted molar refractivity (Wildman–Crippen MR) is 54.6 cm³/mol. The Bertz CT molecular complexity index is 291. The summed E-state index contributed by atoms with van der Waals surface area (Å²) in [6.07, 6.45) is 1.68. The Morgan fingerprint density at radius 1 is 1.50 bits per heavy atom. The molecule has 4 heteroatoms. The maximum Gasteiger partial charge on any atom is 0.158 e. The molecule has 0 fully saturated rings. The van der Waals surface area contributed by atoms with Crippen molar-refractivity contribution in [3.63, 3.8) is 0 Å². The lowest BCUT2D eigenvalue weighted by Gasteiger charge is -2.29. The van der Waals surface area contributed by atoms with E-state index >= 15 is 0 Å². The highest BCUT2D eigenvalue weighted by atomic mass is 16.3. The lowest BCUT2D eigenvalue weighted by Crippen LogP contribution is -2.26. The van der Waals surface area contributed by atoms with Crippen LogP contribution in [0.25, 0.3) is 0 Å². The molecule has 80 valence electrons. The third kappa shape index (κ3) is 2.32. The van der Waals surface area contributed by atoms with Crippen LogP contribution in [-0.2, 0) is 13.2 Å². The standard InChI is InChI=1S/C10H19N3O/c1-8(2)10(3,4)6-13-7-11-12-9(13)5-14/h7-8,14H,5-6H2,1-4H3. The van der Waals surface area contributed by atoms with E-state index in [4.69, 9.17) is 5.11 Å². The van der Waals surface area contributed by atoms with E-state index in [9.17, 15) is 0 Å². The fraction of sp³-hybridized carbons (Fsp3) is 0.800. The first-order valence-corrected chi connectivity index (χ1v) is 4.95. The Morgan fingerprint density at radius 3 is 2.64 bits per heavy atom. The van der Waals surface area contributed by atoms with Crippen LogP contribution in [0.15, 0.2) is 6.33 Å². The van der Waals surface area contributed by atoms with E-state index in [1.807, 2.05) is 4.57 Å². The zero-order valence-electron chi connectivity index (χ0n) is 9.36. The van der Waals surface area contributed by atoms with Crippen LogP contribution in [-0.4, -0.2) is 19.9 Å². The Morgan fingerprint density at radius 2 is 2.14 bits per heavy atom. The van der Waals surface area contributed by atoms with Gasteiger partial charge in [0.25, 0.3) is 0 Å². The molecule has 0 aliphatic rings. The number of aromatic nitrogens is 3. The maximum atomic E-state index is 9.02. The molecular weight excluding hydrogens is 178 g/mol. The van der Waals surface area contributed by atoms with Gasteiger partial charge in [-0.25, -0.2) is 0 Å². The second kappa shape index (κ2) is 4.09. The van der Waals surface area contributed by atoms with Gasteiger partial charge in [0.2, 0.25) is 0 Å². The molecule has 0 bridgehead atoms. The molecule has 1 heterocycles. The number of hydrogen-bond donors (Lipinski definition) is 1. The van der Waals surface area contributed by atoms with Gasteiger partial charge in [-0.05, 0) is 11.3 Å². The van der Waals surface area contributed by atoms with Gasteiger partial charge in [0, 0.05) is 6.54 Å². The molecule has 1 aromatic rings. The van der Waals surface area contributed by atoms with Gasteiger partial charge in [-0.15, -0.1) is 10.2 Å². The van der Waals surface area contributed by atoms with Crippen LogP contribution in [0, 0.1) is 11.3 Å². The smallest absolute Gasteiger partial charge is 0.158 e. The molecule has 1 N–H and O–H groups in total. The summed E-state index contributed by atoms with van der Waals surface area (Å²) in [5.41, 5.74) is 0.187. The van der Waals surface area contributed by atoms with Gasteiger partial charge in [0.05, 0.1) is 0 Å². The van der Waals surface area contributed by atoms with Crippen LogP contribution in [0.5, 0.6) is 0 Å². The van der Waals surface area contributed by atoms with Crippen LogP contribution in [0.1, 0.15) is 33.5 Å². The van der Waals surface area contributed by atoms with Crippen molar-refractivity contribution in [1.82, 2.24) is 14.8 Å². The minimum absolute atomic E-state index is 0.0474. The zero-order valence-corrected chi connectivity index (χ0v) is 9.36. The first kappa shape index (κ1) is 11.2. The Kier molecular flexibility index (Phi) is 3.26. The summed E-state index contributed by atoms with van der Waals surface area (Å²) in [7, 11) is 0. The fourth-order valence-corrected chi connectivity index (χ4v) is 1.16. The van der Waals surface area contributed by atoms with Gasteiger partial charge < -0.3 is 9.67 Å². The summed E-state index contributed by atoms with van der Waals surface area (Å²) in [6.45, 7) is 9.60. The minimum atomic E-state index is -0.0474.